The lowest BCUT2D eigenvalue weighted by Crippen LogP contribution is -2.00. The van der Waals surface area contributed by atoms with Gasteiger partial charge in [-0.1, -0.05) is 36.4 Å². The molecule has 1 N–H and O–H groups in total. The molecule has 122 valence electrons. The molecular formula is C20H24O3. The second-order valence-electron chi connectivity index (χ2n) is 5.74. The fraction of sp³-hybridized carbons (Fsp3) is 0.350. The predicted octanol–water partition coefficient (Wildman–Crippen LogP) is 4.32. The average molecular weight is 312 g/mol. The van der Waals surface area contributed by atoms with Gasteiger partial charge in [0, 0.05) is 12.8 Å². The first-order valence-corrected chi connectivity index (χ1v) is 8.10. The Morgan fingerprint density at radius 2 is 1.74 bits per heavy atom. The summed E-state index contributed by atoms with van der Waals surface area (Å²) in [5.41, 5.74) is 2.34. The number of hydrogen-bond acceptors (Lipinski definition) is 3. The van der Waals surface area contributed by atoms with E-state index in [2.05, 4.69) is 12.1 Å². The Morgan fingerprint density at radius 1 is 0.957 bits per heavy atom. The van der Waals surface area contributed by atoms with Gasteiger partial charge in [-0.2, -0.15) is 0 Å². The molecule has 0 spiro atoms. The van der Waals surface area contributed by atoms with E-state index < -0.39 is 0 Å². The Labute approximate surface area is 137 Å². The maximum absolute atomic E-state index is 11.9. The first-order valence-electron chi connectivity index (χ1n) is 8.10. The van der Waals surface area contributed by atoms with Crippen LogP contribution in [0.4, 0.5) is 0 Å². The zero-order valence-corrected chi connectivity index (χ0v) is 13.6. The number of rotatable bonds is 9. The minimum absolute atomic E-state index is 0.160. The van der Waals surface area contributed by atoms with E-state index in [1.807, 2.05) is 30.3 Å². The summed E-state index contributed by atoms with van der Waals surface area (Å²) in [7, 11) is 1.55. The summed E-state index contributed by atoms with van der Waals surface area (Å²) in [5.74, 6) is 0.992. The average Bonchev–Trinajstić information content (AvgIpc) is 2.59. The van der Waals surface area contributed by atoms with Gasteiger partial charge in [0.15, 0.2) is 11.5 Å². The quantitative estimate of drug-likeness (QED) is 0.702. The smallest absolute Gasteiger partial charge is 0.160 e. The summed E-state index contributed by atoms with van der Waals surface area (Å²) in [6.07, 6.45) is 4.85. The minimum atomic E-state index is 0.160. The first-order chi connectivity index (χ1) is 11.2. The van der Waals surface area contributed by atoms with E-state index in [0.29, 0.717) is 24.4 Å². The van der Waals surface area contributed by atoms with Crippen LogP contribution >= 0.6 is 0 Å². The second-order valence-corrected chi connectivity index (χ2v) is 5.74. The van der Waals surface area contributed by atoms with Crippen molar-refractivity contribution in [1.82, 2.24) is 0 Å². The Balaban J connectivity index is 1.66. The highest BCUT2D eigenvalue weighted by Gasteiger charge is 2.05. The van der Waals surface area contributed by atoms with Crippen LogP contribution in [0.3, 0.4) is 0 Å². The summed E-state index contributed by atoms with van der Waals surface area (Å²) in [6.45, 7) is 0. The number of Topliss-reactive ketones (excluding diaryl/α,β-unsaturated/α-hetero) is 1. The van der Waals surface area contributed by atoms with Crippen LogP contribution in [-0.4, -0.2) is 18.0 Å². The van der Waals surface area contributed by atoms with E-state index >= 15 is 0 Å². The number of carbonyl (C=O) groups is 1. The molecule has 2 rings (SSSR count). The molecule has 0 saturated heterocycles. The maximum Gasteiger partial charge on any atom is 0.160 e. The molecule has 0 amide bonds. The van der Waals surface area contributed by atoms with E-state index in [1.54, 1.807) is 13.2 Å². The molecule has 0 radical (unpaired) electrons. The molecule has 0 fully saturated rings. The van der Waals surface area contributed by atoms with Crippen LogP contribution < -0.4 is 4.74 Å². The van der Waals surface area contributed by atoms with Gasteiger partial charge in [0.1, 0.15) is 5.78 Å². The van der Waals surface area contributed by atoms with Crippen molar-refractivity contribution in [1.29, 1.82) is 0 Å². The number of unbranched alkanes of at least 4 members (excludes halogenated alkanes) is 1. The molecule has 0 aliphatic rings. The minimum Gasteiger partial charge on any atom is -0.504 e. The lowest BCUT2D eigenvalue weighted by Gasteiger charge is -2.06. The fourth-order valence-corrected chi connectivity index (χ4v) is 2.58. The third-order valence-electron chi connectivity index (χ3n) is 3.95. The monoisotopic (exact) mass is 312 g/mol. The van der Waals surface area contributed by atoms with Gasteiger partial charge < -0.3 is 9.84 Å². The predicted molar refractivity (Wildman–Crippen MR) is 92.0 cm³/mol. The van der Waals surface area contributed by atoms with E-state index in [-0.39, 0.29) is 5.75 Å². The van der Waals surface area contributed by atoms with Gasteiger partial charge in [-0.15, -0.1) is 0 Å². The summed E-state index contributed by atoms with van der Waals surface area (Å²) in [5, 5.41) is 9.56. The number of aromatic hydroxyl groups is 1. The van der Waals surface area contributed by atoms with Gasteiger partial charge in [-0.05, 0) is 48.9 Å². The van der Waals surface area contributed by atoms with Crippen molar-refractivity contribution in [3.05, 3.63) is 59.7 Å². The zero-order valence-electron chi connectivity index (χ0n) is 13.6. The molecule has 0 bridgehead atoms. The number of ketones is 1. The van der Waals surface area contributed by atoms with Crippen molar-refractivity contribution in [3.63, 3.8) is 0 Å². The van der Waals surface area contributed by atoms with Crippen LogP contribution in [0.5, 0.6) is 11.5 Å². The van der Waals surface area contributed by atoms with Crippen molar-refractivity contribution in [2.24, 2.45) is 0 Å². The molecule has 0 saturated carbocycles. The Bertz CT molecular complexity index is 620. The third kappa shape index (κ3) is 5.78. The summed E-state index contributed by atoms with van der Waals surface area (Å²) in [6, 6.07) is 15.5. The molecule has 0 atom stereocenters. The van der Waals surface area contributed by atoms with Crippen LogP contribution in [-0.2, 0) is 17.6 Å². The maximum atomic E-state index is 11.9. The summed E-state index contributed by atoms with van der Waals surface area (Å²) >= 11 is 0. The molecule has 0 unspecified atom stereocenters. The number of methoxy groups -OCH3 is 1. The molecule has 0 aliphatic carbocycles. The number of hydrogen-bond donors (Lipinski definition) is 1. The highest BCUT2D eigenvalue weighted by Crippen LogP contribution is 2.26. The highest BCUT2D eigenvalue weighted by molar-refractivity contribution is 5.78. The largest absolute Gasteiger partial charge is 0.504 e. The number of ether oxygens (including phenoxy) is 1. The van der Waals surface area contributed by atoms with Gasteiger partial charge in [0.2, 0.25) is 0 Å². The van der Waals surface area contributed by atoms with Crippen LogP contribution in [0.25, 0.3) is 0 Å². The number of phenols is 1. The number of benzene rings is 2. The van der Waals surface area contributed by atoms with Gasteiger partial charge in [0.25, 0.3) is 0 Å². The van der Waals surface area contributed by atoms with Crippen LogP contribution in [0.15, 0.2) is 48.5 Å². The van der Waals surface area contributed by atoms with Crippen molar-refractivity contribution in [2.45, 2.75) is 38.5 Å². The zero-order chi connectivity index (χ0) is 16.5. The van der Waals surface area contributed by atoms with Gasteiger partial charge >= 0.3 is 0 Å². The molecule has 3 heteroatoms. The molecule has 0 aromatic heterocycles. The molecule has 3 nitrogen and oxygen atoms in total. The van der Waals surface area contributed by atoms with Crippen LogP contribution in [0, 0.1) is 0 Å². The summed E-state index contributed by atoms with van der Waals surface area (Å²) in [4.78, 5) is 11.9. The molecule has 2 aromatic rings. The van der Waals surface area contributed by atoms with Gasteiger partial charge in [-0.3, -0.25) is 4.79 Å². The van der Waals surface area contributed by atoms with E-state index in [4.69, 9.17) is 4.74 Å². The molecule has 0 heterocycles. The Kier molecular flexibility index (Phi) is 6.67. The highest BCUT2D eigenvalue weighted by atomic mass is 16.5. The van der Waals surface area contributed by atoms with Crippen molar-refractivity contribution in [3.8, 4) is 11.5 Å². The Hall–Kier alpha value is -2.29. The topological polar surface area (TPSA) is 46.5 Å². The molecule has 2 aromatic carbocycles. The molecular weight excluding hydrogens is 288 g/mol. The normalized spacial score (nSPS) is 10.5. The van der Waals surface area contributed by atoms with E-state index in [0.717, 1.165) is 31.2 Å². The van der Waals surface area contributed by atoms with Crippen molar-refractivity contribution in [2.75, 3.05) is 7.11 Å². The standard InChI is InChI=1S/C20H24O3/c1-23-20-15-17(12-14-19(20)22)9-5-6-10-18(21)13-11-16-7-3-2-4-8-16/h2-4,7-8,12,14-15,22H,5-6,9-11,13H2,1H3. The summed E-state index contributed by atoms with van der Waals surface area (Å²) < 4.78 is 5.10. The van der Waals surface area contributed by atoms with E-state index in [9.17, 15) is 9.90 Å². The van der Waals surface area contributed by atoms with Gasteiger partial charge in [0.05, 0.1) is 7.11 Å². The van der Waals surface area contributed by atoms with Gasteiger partial charge in [-0.25, -0.2) is 0 Å². The number of phenolic OH excluding ortho intramolecular Hbond substituents is 1. The molecule has 23 heavy (non-hydrogen) atoms. The number of carbonyl (C=O) groups excluding carboxylic acids is 1. The third-order valence-corrected chi connectivity index (χ3v) is 3.95. The first kappa shape index (κ1) is 17.1. The van der Waals surface area contributed by atoms with E-state index in [1.165, 1.54) is 5.56 Å². The molecule has 0 aliphatic heterocycles. The van der Waals surface area contributed by atoms with Crippen molar-refractivity contribution >= 4 is 5.78 Å². The van der Waals surface area contributed by atoms with Crippen LogP contribution in [0.1, 0.15) is 36.8 Å². The van der Waals surface area contributed by atoms with Crippen LogP contribution in [0.2, 0.25) is 0 Å². The lowest BCUT2D eigenvalue weighted by atomic mass is 10.0. The Morgan fingerprint density at radius 3 is 2.48 bits per heavy atom. The van der Waals surface area contributed by atoms with Crippen molar-refractivity contribution < 1.29 is 14.6 Å². The fourth-order valence-electron chi connectivity index (χ4n) is 2.58. The lowest BCUT2D eigenvalue weighted by molar-refractivity contribution is -0.119. The second kappa shape index (κ2) is 8.99. The SMILES string of the molecule is COc1cc(CCCCC(=O)CCc2ccccc2)ccc1O. The number of aryl methyl sites for hydroxylation is 2.